The number of halogens is 1. The van der Waals surface area contributed by atoms with Crippen LogP contribution in [-0.2, 0) is 6.54 Å². The molecule has 2 aromatic rings. The van der Waals surface area contributed by atoms with Gasteiger partial charge in [0.15, 0.2) is 0 Å². The largest absolute Gasteiger partial charge is 0.384 e. The van der Waals surface area contributed by atoms with Crippen LogP contribution in [0.3, 0.4) is 0 Å². The summed E-state index contributed by atoms with van der Waals surface area (Å²) in [5, 5.41) is 11.6. The molecule has 5 heteroatoms. The minimum absolute atomic E-state index is 0.135. The average Bonchev–Trinajstić information content (AvgIpc) is 2.67. The van der Waals surface area contributed by atoms with Crippen molar-refractivity contribution in [3.63, 3.8) is 0 Å². The van der Waals surface area contributed by atoms with Gasteiger partial charge in [-0.3, -0.25) is 10.1 Å². The summed E-state index contributed by atoms with van der Waals surface area (Å²) in [5.74, 6) is -0.527. The van der Waals surface area contributed by atoms with Crippen LogP contribution in [-0.4, -0.2) is 15.6 Å². The van der Waals surface area contributed by atoms with E-state index < -0.39 is 5.82 Å². The van der Waals surface area contributed by atoms with Crippen molar-refractivity contribution in [3.8, 4) is 0 Å². The molecule has 0 unspecified atom stereocenters. The molecule has 1 aromatic carbocycles. The van der Waals surface area contributed by atoms with Crippen LogP contribution in [0.4, 0.5) is 4.39 Å². The Labute approximate surface area is 98.4 Å². The van der Waals surface area contributed by atoms with Crippen molar-refractivity contribution in [2.45, 2.75) is 13.5 Å². The van der Waals surface area contributed by atoms with Gasteiger partial charge in [-0.15, -0.1) is 0 Å². The van der Waals surface area contributed by atoms with Gasteiger partial charge in [0.1, 0.15) is 11.7 Å². The van der Waals surface area contributed by atoms with E-state index in [4.69, 9.17) is 11.1 Å². The van der Waals surface area contributed by atoms with Crippen molar-refractivity contribution < 1.29 is 4.39 Å². The highest BCUT2D eigenvalue weighted by Crippen LogP contribution is 2.13. The van der Waals surface area contributed by atoms with E-state index >= 15 is 0 Å². The fourth-order valence-corrected chi connectivity index (χ4v) is 1.66. The van der Waals surface area contributed by atoms with Crippen LogP contribution in [0.5, 0.6) is 0 Å². The fourth-order valence-electron chi connectivity index (χ4n) is 1.66. The van der Waals surface area contributed by atoms with Crippen molar-refractivity contribution in [1.29, 1.82) is 5.41 Å². The van der Waals surface area contributed by atoms with Gasteiger partial charge < -0.3 is 5.73 Å². The van der Waals surface area contributed by atoms with Crippen LogP contribution in [0.15, 0.2) is 30.5 Å². The number of benzene rings is 1. The number of hydrogen-bond donors (Lipinski definition) is 2. The minimum Gasteiger partial charge on any atom is -0.384 e. The maximum absolute atomic E-state index is 13.1. The zero-order chi connectivity index (χ0) is 12.4. The third-order valence-corrected chi connectivity index (χ3v) is 2.61. The molecule has 3 N–H and O–H groups in total. The lowest BCUT2D eigenvalue weighted by molar-refractivity contribution is 0.622. The van der Waals surface area contributed by atoms with E-state index in [1.807, 2.05) is 13.0 Å². The Balaban J connectivity index is 2.39. The molecule has 2 rings (SSSR count). The zero-order valence-corrected chi connectivity index (χ0v) is 9.44. The molecule has 1 heterocycles. The van der Waals surface area contributed by atoms with Gasteiger partial charge in [0.05, 0.1) is 6.54 Å². The number of hydrogen-bond acceptors (Lipinski definition) is 2. The maximum atomic E-state index is 13.1. The molecule has 17 heavy (non-hydrogen) atoms. The maximum Gasteiger partial charge on any atom is 0.123 e. The van der Waals surface area contributed by atoms with Gasteiger partial charge in [0.25, 0.3) is 0 Å². The Bertz CT molecular complexity index is 559. The molecule has 0 bridgehead atoms. The second-order valence-corrected chi connectivity index (χ2v) is 3.85. The number of nitrogens with two attached hydrogens (primary N) is 1. The summed E-state index contributed by atoms with van der Waals surface area (Å²) >= 11 is 0. The molecular formula is C12H13FN4. The van der Waals surface area contributed by atoms with E-state index in [9.17, 15) is 4.39 Å². The molecule has 4 nitrogen and oxygen atoms in total. The lowest BCUT2D eigenvalue weighted by atomic mass is 10.1. The second kappa shape index (κ2) is 4.37. The highest BCUT2D eigenvalue weighted by molar-refractivity contribution is 5.96. The normalized spacial score (nSPS) is 10.5. The number of nitrogen functional groups attached to an aromatic ring is 1. The smallest absolute Gasteiger partial charge is 0.123 e. The van der Waals surface area contributed by atoms with Gasteiger partial charge in [-0.1, -0.05) is 6.07 Å². The molecule has 0 aliphatic heterocycles. The van der Waals surface area contributed by atoms with E-state index in [-0.39, 0.29) is 5.84 Å². The van der Waals surface area contributed by atoms with Crippen molar-refractivity contribution in [2.24, 2.45) is 5.73 Å². The molecule has 0 fully saturated rings. The Kier molecular flexibility index (Phi) is 2.91. The summed E-state index contributed by atoms with van der Waals surface area (Å²) in [7, 11) is 0. The van der Waals surface area contributed by atoms with Crippen LogP contribution < -0.4 is 5.73 Å². The lowest BCUT2D eigenvalue weighted by Crippen LogP contribution is -2.16. The van der Waals surface area contributed by atoms with Crippen LogP contribution in [0.1, 0.15) is 16.8 Å². The number of aromatic nitrogens is 2. The third kappa shape index (κ3) is 2.33. The molecule has 88 valence electrons. The molecule has 0 aliphatic carbocycles. The first-order valence-electron chi connectivity index (χ1n) is 5.19. The van der Waals surface area contributed by atoms with E-state index in [1.165, 1.54) is 12.1 Å². The number of nitrogens with zero attached hydrogens (tertiary/aromatic N) is 2. The van der Waals surface area contributed by atoms with Crippen molar-refractivity contribution >= 4 is 5.84 Å². The number of amidine groups is 1. The third-order valence-electron chi connectivity index (χ3n) is 2.61. The van der Waals surface area contributed by atoms with Crippen molar-refractivity contribution in [2.75, 3.05) is 0 Å². The van der Waals surface area contributed by atoms with E-state index in [0.29, 0.717) is 12.1 Å². The Morgan fingerprint density at radius 2 is 2.24 bits per heavy atom. The molecule has 0 aliphatic rings. The van der Waals surface area contributed by atoms with E-state index in [2.05, 4.69) is 5.10 Å². The minimum atomic E-state index is -0.392. The van der Waals surface area contributed by atoms with Crippen molar-refractivity contribution in [3.05, 3.63) is 53.1 Å². The van der Waals surface area contributed by atoms with Crippen LogP contribution in [0.2, 0.25) is 0 Å². The average molecular weight is 232 g/mol. The topological polar surface area (TPSA) is 67.7 Å². The SMILES string of the molecule is Cc1ccnn1Cc1ccc(F)cc1C(=N)N. The molecule has 0 saturated carbocycles. The van der Waals surface area contributed by atoms with Gasteiger partial charge >= 0.3 is 0 Å². The Morgan fingerprint density at radius 1 is 1.47 bits per heavy atom. The standard InChI is InChI=1S/C12H13FN4/c1-8-4-5-16-17(8)7-9-2-3-10(13)6-11(9)12(14)15/h2-6H,7H2,1H3,(H3,14,15). The van der Waals surface area contributed by atoms with E-state index in [1.54, 1.807) is 16.9 Å². The van der Waals surface area contributed by atoms with E-state index in [0.717, 1.165) is 11.3 Å². The van der Waals surface area contributed by atoms with Crippen LogP contribution >= 0.6 is 0 Å². The van der Waals surface area contributed by atoms with Gasteiger partial charge in [-0.25, -0.2) is 4.39 Å². The zero-order valence-electron chi connectivity index (χ0n) is 9.44. The molecule has 0 saturated heterocycles. The Hall–Kier alpha value is -2.17. The number of rotatable bonds is 3. The first-order valence-corrected chi connectivity index (χ1v) is 5.19. The molecule has 0 radical (unpaired) electrons. The summed E-state index contributed by atoms with van der Waals surface area (Å²) in [5.41, 5.74) is 7.64. The first kappa shape index (κ1) is 11.3. The lowest BCUT2D eigenvalue weighted by Gasteiger charge is -2.09. The molecule has 0 atom stereocenters. The predicted molar refractivity (Wildman–Crippen MR) is 63.5 cm³/mol. The first-order chi connectivity index (χ1) is 8.08. The van der Waals surface area contributed by atoms with Gasteiger partial charge in [0, 0.05) is 17.5 Å². The quantitative estimate of drug-likeness (QED) is 0.624. The molecule has 1 aromatic heterocycles. The summed E-state index contributed by atoms with van der Waals surface area (Å²) < 4.78 is 14.9. The summed E-state index contributed by atoms with van der Waals surface area (Å²) in [6.07, 6.45) is 1.70. The summed E-state index contributed by atoms with van der Waals surface area (Å²) in [6.45, 7) is 2.41. The highest BCUT2D eigenvalue weighted by Gasteiger charge is 2.08. The second-order valence-electron chi connectivity index (χ2n) is 3.85. The van der Waals surface area contributed by atoms with Gasteiger partial charge in [-0.05, 0) is 30.7 Å². The molecular weight excluding hydrogens is 219 g/mol. The Morgan fingerprint density at radius 3 is 2.82 bits per heavy atom. The molecule has 0 amide bonds. The number of aryl methyl sites for hydroxylation is 1. The van der Waals surface area contributed by atoms with Gasteiger partial charge in [-0.2, -0.15) is 5.10 Å². The van der Waals surface area contributed by atoms with Gasteiger partial charge in [0.2, 0.25) is 0 Å². The summed E-state index contributed by atoms with van der Waals surface area (Å²) in [6, 6.07) is 6.15. The highest BCUT2D eigenvalue weighted by atomic mass is 19.1. The summed E-state index contributed by atoms with van der Waals surface area (Å²) in [4.78, 5) is 0. The predicted octanol–water partition coefficient (Wildman–Crippen LogP) is 1.66. The fraction of sp³-hybridized carbons (Fsp3) is 0.167. The molecule has 0 spiro atoms. The van der Waals surface area contributed by atoms with Crippen molar-refractivity contribution in [1.82, 2.24) is 9.78 Å². The monoisotopic (exact) mass is 232 g/mol. The van der Waals surface area contributed by atoms with Crippen LogP contribution in [0.25, 0.3) is 0 Å². The number of nitrogens with one attached hydrogen (secondary N) is 1. The van der Waals surface area contributed by atoms with Crippen LogP contribution in [0, 0.1) is 18.2 Å².